The zero-order valence-corrected chi connectivity index (χ0v) is 37.4. The number of hydrazine groups is 1. The van der Waals surface area contributed by atoms with E-state index in [9.17, 15) is 4.79 Å². The number of amides is 1. The Labute approximate surface area is 351 Å². The van der Waals surface area contributed by atoms with Crippen molar-refractivity contribution in [2.24, 2.45) is 5.84 Å². The van der Waals surface area contributed by atoms with E-state index in [2.05, 4.69) is 42.6 Å². The van der Waals surface area contributed by atoms with E-state index in [0.717, 1.165) is 35.5 Å². The van der Waals surface area contributed by atoms with Gasteiger partial charge in [0.15, 0.2) is 11.5 Å². The third-order valence-corrected chi connectivity index (χ3v) is 11.4. The molecule has 7 heteroatoms. The SMILES string of the molecule is CCCCCCCCCCCCCCCCCCOc1cc(CNC(=O)c2ccc(NN)nc2)cc(C)c1OCCCCCCCCCCCCCCCCCC. The van der Waals surface area contributed by atoms with E-state index in [0.29, 0.717) is 31.1 Å². The van der Waals surface area contributed by atoms with Gasteiger partial charge in [0.2, 0.25) is 0 Å². The number of aryl methyl sites for hydroxylation is 1. The van der Waals surface area contributed by atoms with Crippen LogP contribution in [0.5, 0.6) is 11.5 Å². The lowest BCUT2D eigenvalue weighted by molar-refractivity contribution is 0.0950. The molecule has 4 N–H and O–H groups in total. The molecule has 0 saturated carbocycles. The number of nitrogens with one attached hydrogen (secondary N) is 2. The van der Waals surface area contributed by atoms with Crippen LogP contribution in [0.2, 0.25) is 0 Å². The van der Waals surface area contributed by atoms with Gasteiger partial charge in [0, 0.05) is 12.7 Å². The van der Waals surface area contributed by atoms with Crippen LogP contribution in [0.3, 0.4) is 0 Å². The summed E-state index contributed by atoms with van der Waals surface area (Å²) in [4.78, 5) is 17.0. The molecule has 1 amide bonds. The number of nitrogen functional groups attached to an aromatic ring is 1. The highest BCUT2D eigenvalue weighted by molar-refractivity contribution is 5.94. The predicted molar refractivity (Wildman–Crippen MR) is 244 cm³/mol. The molecule has 0 aliphatic heterocycles. The summed E-state index contributed by atoms with van der Waals surface area (Å²) in [5.74, 6) is 7.39. The van der Waals surface area contributed by atoms with Gasteiger partial charge in [-0.15, -0.1) is 0 Å². The second-order valence-corrected chi connectivity index (χ2v) is 16.8. The third kappa shape index (κ3) is 26.8. The van der Waals surface area contributed by atoms with E-state index < -0.39 is 0 Å². The minimum atomic E-state index is -0.178. The molecular weight excluding hydrogens is 705 g/mol. The van der Waals surface area contributed by atoms with Gasteiger partial charge in [-0.1, -0.05) is 213 Å². The van der Waals surface area contributed by atoms with Crippen LogP contribution >= 0.6 is 0 Å². The van der Waals surface area contributed by atoms with Crippen molar-refractivity contribution in [1.82, 2.24) is 10.3 Å². The van der Waals surface area contributed by atoms with Crippen molar-refractivity contribution in [3.05, 3.63) is 47.2 Å². The third-order valence-electron chi connectivity index (χ3n) is 11.4. The first-order valence-corrected chi connectivity index (χ1v) is 24.2. The fraction of sp³-hybridized carbons (Fsp3) is 0.760. The molecule has 0 saturated heterocycles. The van der Waals surface area contributed by atoms with E-state index in [1.54, 1.807) is 12.1 Å². The monoisotopic (exact) mass is 793 g/mol. The van der Waals surface area contributed by atoms with E-state index >= 15 is 0 Å². The second kappa shape index (κ2) is 36.3. The highest BCUT2D eigenvalue weighted by Crippen LogP contribution is 2.33. The minimum absolute atomic E-state index is 0.178. The smallest absolute Gasteiger partial charge is 0.253 e. The van der Waals surface area contributed by atoms with Crippen molar-refractivity contribution < 1.29 is 14.3 Å². The first-order valence-electron chi connectivity index (χ1n) is 24.2. The topological polar surface area (TPSA) is 98.5 Å². The molecule has 1 aromatic heterocycles. The largest absolute Gasteiger partial charge is 0.490 e. The number of hydrogen-bond acceptors (Lipinski definition) is 6. The van der Waals surface area contributed by atoms with Crippen molar-refractivity contribution in [2.45, 2.75) is 233 Å². The summed E-state index contributed by atoms with van der Waals surface area (Å²) < 4.78 is 12.8. The van der Waals surface area contributed by atoms with Crippen LogP contribution in [-0.2, 0) is 6.54 Å². The maximum absolute atomic E-state index is 12.8. The first kappa shape index (κ1) is 50.3. The van der Waals surface area contributed by atoms with Crippen molar-refractivity contribution >= 4 is 11.7 Å². The quantitative estimate of drug-likeness (QED) is 0.0353. The molecule has 0 radical (unpaired) electrons. The number of carbonyl (C=O) groups is 1. The Hall–Kier alpha value is -2.80. The molecule has 1 heterocycles. The normalized spacial score (nSPS) is 11.2. The summed E-state index contributed by atoms with van der Waals surface area (Å²) in [5.41, 5.74) is 5.02. The fourth-order valence-electron chi connectivity index (χ4n) is 7.76. The van der Waals surface area contributed by atoms with Crippen LogP contribution in [0, 0.1) is 6.92 Å². The molecule has 0 atom stereocenters. The van der Waals surface area contributed by atoms with Gasteiger partial charge in [-0.2, -0.15) is 0 Å². The maximum Gasteiger partial charge on any atom is 0.253 e. The van der Waals surface area contributed by atoms with Crippen LogP contribution < -0.4 is 26.1 Å². The maximum atomic E-state index is 12.8. The fourth-order valence-corrected chi connectivity index (χ4v) is 7.76. The molecule has 2 aromatic rings. The average molecular weight is 793 g/mol. The number of carbonyl (C=O) groups excluding carboxylic acids is 1. The number of anilines is 1. The number of unbranched alkanes of at least 4 members (excludes halogenated alkanes) is 30. The van der Waals surface area contributed by atoms with Gasteiger partial charge in [0.25, 0.3) is 5.91 Å². The standard InChI is InChI=1S/C50H88N4O3/c1-4-6-8-10-12-14-16-18-20-22-24-26-28-30-32-34-38-56-47-41-45(42-53-50(55)46-36-37-48(54-51)52-43-46)40-44(3)49(47)57-39-35-33-31-29-27-25-23-21-19-17-15-13-11-9-7-5-2/h36-37,40-41,43H,4-35,38-39,42,51H2,1-3H3,(H,52,54)(H,53,55). The number of nitrogens with two attached hydrogens (primary N) is 1. The van der Waals surface area contributed by atoms with Gasteiger partial charge in [-0.3, -0.25) is 4.79 Å². The average Bonchev–Trinajstić information content (AvgIpc) is 3.22. The van der Waals surface area contributed by atoms with E-state index in [1.165, 1.54) is 199 Å². The van der Waals surface area contributed by atoms with Crippen LogP contribution in [0.4, 0.5) is 5.82 Å². The molecule has 0 unspecified atom stereocenters. The molecule has 326 valence electrons. The van der Waals surface area contributed by atoms with Crippen LogP contribution in [0.1, 0.15) is 241 Å². The molecular formula is C50H88N4O3. The number of hydrogen-bond donors (Lipinski definition) is 3. The van der Waals surface area contributed by atoms with Crippen LogP contribution in [0.15, 0.2) is 30.5 Å². The molecule has 1 aromatic carbocycles. The van der Waals surface area contributed by atoms with E-state index in [-0.39, 0.29) is 5.91 Å². The van der Waals surface area contributed by atoms with Crippen molar-refractivity contribution in [3.63, 3.8) is 0 Å². The summed E-state index contributed by atoms with van der Waals surface area (Å²) in [6.45, 7) is 8.44. The summed E-state index contributed by atoms with van der Waals surface area (Å²) in [6.07, 6.45) is 44.9. The molecule has 2 rings (SSSR count). The predicted octanol–water partition coefficient (Wildman–Crippen LogP) is 14.9. The number of ether oxygens (including phenoxy) is 2. The molecule has 0 aliphatic rings. The molecule has 57 heavy (non-hydrogen) atoms. The number of pyridine rings is 1. The summed E-state index contributed by atoms with van der Waals surface area (Å²) in [7, 11) is 0. The summed E-state index contributed by atoms with van der Waals surface area (Å²) in [6, 6.07) is 7.55. The van der Waals surface area contributed by atoms with Crippen molar-refractivity contribution in [1.29, 1.82) is 0 Å². The minimum Gasteiger partial charge on any atom is -0.490 e. The lowest BCUT2D eigenvalue weighted by atomic mass is 10.0. The molecule has 0 spiro atoms. The van der Waals surface area contributed by atoms with Crippen LogP contribution in [-0.4, -0.2) is 24.1 Å². The Bertz CT molecular complexity index is 1220. The van der Waals surface area contributed by atoms with Crippen molar-refractivity contribution in [3.8, 4) is 11.5 Å². The van der Waals surface area contributed by atoms with Gasteiger partial charge in [0.1, 0.15) is 5.82 Å². The second-order valence-electron chi connectivity index (χ2n) is 16.8. The van der Waals surface area contributed by atoms with Gasteiger partial charge in [-0.25, -0.2) is 10.8 Å². The van der Waals surface area contributed by atoms with Gasteiger partial charge < -0.3 is 20.2 Å². The Morgan fingerprint density at radius 3 is 1.35 bits per heavy atom. The van der Waals surface area contributed by atoms with E-state index in [4.69, 9.17) is 15.3 Å². The zero-order chi connectivity index (χ0) is 40.9. The van der Waals surface area contributed by atoms with Crippen LogP contribution in [0.25, 0.3) is 0 Å². The highest BCUT2D eigenvalue weighted by Gasteiger charge is 2.13. The molecule has 0 aliphatic carbocycles. The number of benzene rings is 1. The summed E-state index contributed by atoms with van der Waals surface area (Å²) >= 11 is 0. The zero-order valence-electron chi connectivity index (χ0n) is 37.4. The van der Waals surface area contributed by atoms with Gasteiger partial charge in [-0.05, 0) is 49.1 Å². The van der Waals surface area contributed by atoms with Gasteiger partial charge in [0.05, 0.1) is 18.8 Å². The number of aromatic nitrogens is 1. The summed E-state index contributed by atoms with van der Waals surface area (Å²) in [5, 5.41) is 3.03. The van der Waals surface area contributed by atoms with Crippen molar-refractivity contribution in [2.75, 3.05) is 18.6 Å². The Kier molecular flexibility index (Phi) is 32.1. The Morgan fingerprint density at radius 2 is 0.965 bits per heavy atom. The number of rotatable bonds is 40. The number of nitrogens with zero attached hydrogens (tertiary/aromatic N) is 1. The Balaban J connectivity index is 1.68. The van der Waals surface area contributed by atoms with Gasteiger partial charge >= 0.3 is 0 Å². The molecule has 0 fully saturated rings. The highest BCUT2D eigenvalue weighted by atomic mass is 16.5. The Morgan fingerprint density at radius 1 is 0.561 bits per heavy atom. The first-order chi connectivity index (χ1) is 28.1. The van der Waals surface area contributed by atoms with E-state index in [1.807, 2.05) is 6.07 Å². The molecule has 7 nitrogen and oxygen atoms in total. The lowest BCUT2D eigenvalue weighted by Crippen LogP contribution is -2.23. The lowest BCUT2D eigenvalue weighted by Gasteiger charge is -2.17. The molecule has 0 bridgehead atoms.